The van der Waals surface area contributed by atoms with Crippen LogP contribution in [-0.2, 0) is 0 Å². The number of hydrogen-bond donors (Lipinski definition) is 0. The van der Waals surface area contributed by atoms with Crippen molar-refractivity contribution in [3.63, 3.8) is 0 Å². The van der Waals surface area contributed by atoms with Crippen LogP contribution in [0.3, 0.4) is 0 Å². The van der Waals surface area contributed by atoms with Crippen LogP contribution < -0.4 is 0 Å². The Balaban J connectivity index is 1.95. The lowest BCUT2D eigenvalue weighted by Gasteiger charge is -2.15. The van der Waals surface area contributed by atoms with Gasteiger partial charge in [0.2, 0.25) is 0 Å². The van der Waals surface area contributed by atoms with Gasteiger partial charge in [0, 0.05) is 24.8 Å². The molecule has 0 aromatic carbocycles. The maximum Gasteiger partial charge on any atom is 0.253 e. The van der Waals surface area contributed by atoms with Gasteiger partial charge in [0.1, 0.15) is 0 Å². The SMILES string of the molecule is O=C(c1ccn2cncc2c1)N1CCCC1. The van der Waals surface area contributed by atoms with E-state index >= 15 is 0 Å². The highest BCUT2D eigenvalue weighted by Crippen LogP contribution is 2.14. The second-order valence-electron chi connectivity index (χ2n) is 4.14. The molecule has 4 heteroatoms. The van der Waals surface area contributed by atoms with Crippen molar-refractivity contribution in [2.45, 2.75) is 12.8 Å². The first-order valence-electron chi connectivity index (χ1n) is 5.55. The van der Waals surface area contributed by atoms with Crippen LogP contribution in [-0.4, -0.2) is 33.3 Å². The number of nitrogens with zero attached hydrogens (tertiary/aromatic N) is 3. The van der Waals surface area contributed by atoms with E-state index in [1.807, 2.05) is 27.6 Å². The highest BCUT2D eigenvalue weighted by Gasteiger charge is 2.19. The predicted molar refractivity (Wildman–Crippen MR) is 60.3 cm³/mol. The molecule has 0 radical (unpaired) electrons. The Morgan fingerprint density at radius 1 is 1.31 bits per heavy atom. The van der Waals surface area contributed by atoms with Crippen LogP contribution >= 0.6 is 0 Å². The normalized spacial score (nSPS) is 15.9. The summed E-state index contributed by atoms with van der Waals surface area (Å²) in [6.07, 6.45) is 7.63. The van der Waals surface area contributed by atoms with Crippen molar-refractivity contribution in [1.82, 2.24) is 14.3 Å². The van der Waals surface area contributed by atoms with Crippen LogP contribution in [0.25, 0.3) is 5.52 Å². The first kappa shape index (κ1) is 9.39. The third-order valence-corrected chi connectivity index (χ3v) is 3.05. The summed E-state index contributed by atoms with van der Waals surface area (Å²) in [5, 5.41) is 0. The Morgan fingerprint density at radius 3 is 2.94 bits per heavy atom. The van der Waals surface area contributed by atoms with Crippen molar-refractivity contribution in [2.75, 3.05) is 13.1 Å². The molecular weight excluding hydrogens is 202 g/mol. The van der Waals surface area contributed by atoms with Crippen LogP contribution in [0, 0.1) is 0 Å². The standard InChI is InChI=1S/C12H13N3O/c16-12(14-4-1-2-5-14)10-3-6-15-9-13-8-11(15)7-10/h3,6-9H,1-2,4-5H2. The number of fused-ring (bicyclic) bond motifs is 1. The van der Waals surface area contributed by atoms with E-state index in [0.29, 0.717) is 0 Å². The van der Waals surface area contributed by atoms with E-state index in [0.717, 1.165) is 37.0 Å². The van der Waals surface area contributed by atoms with Crippen molar-refractivity contribution in [2.24, 2.45) is 0 Å². The smallest absolute Gasteiger partial charge is 0.253 e. The molecule has 0 unspecified atom stereocenters. The Hall–Kier alpha value is -1.84. The van der Waals surface area contributed by atoms with E-state index in [4.69, 9.17) is 0 Å². The number of amides is 1. The number of carbonyl (C=O) groups is 1. The number of hydrogen-bond acceptors (Lipinski definition) is 2. The van der Waals surface area contributed by atoms with Gasteiger partial charge < -0.3 is 9.30 Å². The summed E-state index contributed by atoms with van der Waals surface area (Å²) in [5.74, 6) is 0.140. The summed E-state index contributed by atoms with van der Waals surface area (Å²) >= 11 is 0. The summed E-state index contributed by atoms with van der Waals surface area (Å²) in [5.41, 5.74) is 1.72. The third-order valence-electron chi connectivity index (χ3n) is 3.05. The van der Waals surface area contributed by atoms with Gasteiger partial charge in [-0.3, -0.25) is 4.79 Å². The zero-order chi connectivity index (χ0) is 11.0. The molecule has 0 atom stereocenters. The highest BCUT2D eigenvalue weighted by atomic mass is 16.2. The molecule has 82 valence electrons. The fourth-order valence-corrected chi connectivity index (χ4v) is 2.16. The first-order chi connectivity index (χ1) is 7.84. The molecule has 2 aromatic heterocycles. The molecule has 0 spiro atoms. The molecule has 0 N–H and O–H groups in total. The van der Waals surface area contributed by atoms with Gasteiger partial charge in [-0.1, -0.05) is 0 Å². The molecule has 0 aliphatic carbocycles. The molecule has 1 aliphatic heterocycles. The van der Waals surface area contributed by atoms with E-state index in [1.54, 1.807) is 12.5 Å². The maximum absolute atomic E-state index is 12.1. The zero-order valence-electron chi connectivity index (χ0n) is 8.97. The third kappa shape index (κ3) is 1.46. The summed E-state index contributed by atoms with van der Waals surface area (Å²) < 4.78 is 1.90. The maximum atomic E-state index is 12.1. The van der Waals surface area contributed by atoms with Gasteiger partial charge in [0.05, 0.1) is 18.0 Å². The van der Waals surface area contributed by atoms with Gasteiger partial charge in [-0.05, 0) is 25.0 Å². The lowest BCUT2D eigenvalue weighted by molar-refractivity contribution is 0.0793. The lowest BCUT2D eigenvalue weighted by atomic mass is 10.2. The number of imidazole rings is 1. The topological polar surface area (TPSA) is 37.6 Å². The monoisotopic (exact) mass is 215 g/mol. The molecule has 2 aromatic rings. The minimum Gasteiger partial charge on any atom is -0.339 e. The second-order valence-corrected chi connectivity index (χ2v) is 4.14. The zero-order valence-corrected chi connectivity index (χ0v) is 8.97. The summed E-state index contributed by atoms with van der Waals surface area (Å²) in [4.78, 5) is 18.1. The van der Waals surface area contributed by atoms with Gasteiger partial charge in [-0.15, -0.1) is 0 Å². The minimum absolute atomic E-state index is 0.140. The number of pyridine rings is 1. The average molecular weight is 215 g/mol. The summed E-state index contributed by atoms with van der Waals surface area (Å²) in [6, 6.07) is 3.75. The second kappa shape index (κ2) is 3.63. The van der Waals surface area contributed by atoms with Gasteiger partial charge in [0.15, 0.2) is 0 Å². The Bertz CT molecular complexity index is 526. The van der Waals surface area contributed by atoms with Crippen LogP contribution in [0.5, 0.6) is 0 Å². The summed E-state index contributed by atoms with van der Waals surface area (Å²) in [6.45, 7) is 1.78. The van der Waals surface area contributed by atoms with E-state index < -0.39 is 0 Å². The lowest BCUT2D eigenvalue weighted by Crippen LogP contribution is -2.27. The van der Waals surface area contributed by atoms with E-state index in [9.17, 15) is 4.79 Å². The molecule has 4 nitrogen and oxygen atoms in total. The molecular formula is C12H13N3O. The van der Waals surface area contributed by atoms with Crippen LogP contribution in [0.15, 0.2) is 30.9 Å². The van der Waals surface area contributed by atoms with Crippen molar-refractivity contribution in [3.8, 4) is 0 Å². The quantitative estimate of drug-likeness (QED) is 0.724. The van der Waals surface area contributed by atoms with E-state index in [1.165, 1.54) is 0 Å². The van der Waals surface area contributed by atoms with Crippen LogP contribution in [0.1, 0.15) is 23.2 Å². The predicted octanol–water partition coefficient (Wildman–Crippen LogP) is 1.57. The Labute approximate surface area is 93.5 Å². The fourth-order valence-electron chi connectivity index (χ4n) is 2.16. The molecule has 1 saturated heterocycles. The largest absolute Gasteiger partial charge is 0.339 e. The van der Waals surface area contributed by atoms with Gasteiger partial charge in [-0.25, -0.2) is 4.98 Å². The Kier molecular flexibility index (Phi) is 2.13. The molecule has 16 heavy (non-hydrogen) atoms. The molecule has 3 heterocycles. The number of aromatic nitrogens is 2. The minimum atomic E-state index is 0.140. The molecule has 0 bridgehead atoms. The van der Waals surface area contributed by atoms with Crippen LogP contribution in [0.4, 0.5) is 0 Å². The Morgan fingerprint density at radius 2 is 2.12 bits per heavy atom. The highest BCUT2D eigenvalue weighted by molar-refractivity contribution is 5.95. The molecule has 3 rings (SSSR count). The van der Waals surface area contributed by atoms with Gasteiger partial charge >= 0.3 is 0 Å². The van der Waals surface area contributed by atoms with Crippen molar-refractivity contribution in [3.05, 3.63) is 36.4 Å². The van der Waals surface area contributed by atoms with Crippen molar-refractivity contribution in [1.29, 1.82) is 0 Å². The fraction of sp³-hybridized carbons (Fsp3) is 0.333. The van der Waals surface area contributed by atoms with Crippen LogP contribution in [0.2, 0.25) is 0 Å². The number of rotatable bonds is 1. The van der Waals surface area contributed by atoms with Crippen molar-refractivity contribution < 1.29 is 4.79 Å². The van der Waals surface area contributed by atoms with E-state index in [-0.39, 0.29) is 5.91 Å². The summed E-state index contributed by atoms with van der Waals surface area (Å²) in [7, 11) is 0. The molecule has 0 saturated carbocycles. The number of carbonyl (C=O) groups excluding carboxylic acids is 1. The number of likely N-dealkylation sites (tertiary alicyclic amines) is 1. The molecule has 1 aliphatic rings. The van der Waals surface area contributed by atoms with E-state index in [2.05, 4.69) is 4.98 Å². The molecule has 1 amide bonds. The van der Waals surface area contributed by atoms with Gasteiger partial charge in [-0.2, -0.15) is 0 Å². The molecule has 1 fully saturated rings. The van der Waals surface area contributed by atoms with Crippen molar-refractivity contribution >= 4 is 11.4 Å². The van der Waals surface area contributed by atoms with Gasteiger partial charge in [0.25, 0.3) is 5.91 Å². The average Bonchev–Trinajstić information content (AvgIpc) is 2.98. The first-order valence-corrected chi connectivity index (χ1v) is 5.55.